The smallest absolute Gasteiger partial charge is 0.461 e. The van der Waals surface area contributed by atoms with E-state index < -0.39 is 36.1 Å². The Morgan fingerprint density at radius 1 is 1.35 bits per heavy atom. The Hall–Kier alpha value is -2.40. The van der Waals surface area contributed by atoms with Crippen LogP contribution in [-0.2, 0) is 10.9 Å². The van der Waals surface area contributed by atoms with Gasteiger partial charge in [0.05, 0.1) is 12.2 Å². The fraction of sp³-hybridized carbons (Fsp3) is 0.250. The lowest BCUT2D eigenvalue weighted by Crippen LogP contribution is -2.31. The lowest BCUT2D eigenvalue weighted by atomic mass is 9.78. The molecular weight excluding hydrogens is 318 g/mol. The van der Waals surface area contributed by atoms with Crippen molar-refractivity contribution in [1.29, 1.82) is 0 Å². The molecule has 0 unspecified atom stereocenters. The van der Waals surface area contributed by atoms with E-state index >= 15 is 0 Å². The molecule has 0 radical (unpaired) electrons. The van der Waals surface area contributed by atoms with Gasteiger partial charge in [0.1, 0.15) is 5.69 Å². The highest BCUT2D eigenvalue weighted by Gasteiger charge is 2.36. The van der Waals surface area contributed by atoms with E-state index in [2.05, 4.69) is 15.4 Å². The summed E-state index contributed by atoms with van der Waals surface area (Å²) in [6, 6.07) is 2.64. The predicted molar refractivity (Wildman–Crippen MR) is 72.6 cm³/mol. The minimum absolute atomic E-state index is 0.0207. The first-order valence-corrected chi connectivity index (χ1v) is 6.41. The first-order chi connectivity index (χ1) is 10.8. The second-order valence-corrected chi connectivity index (χ2v) is 4.42. The largest absolute Gasteiger partial charge is 0.488 e. The Labute approximate surface area is 128 Å². The Balaban J connectivity index is 2.60. The molecule has 3 N–H and O–H groups in total. The number of carbonyl (C=O) groups is 1. The molecule has 0 saturated carbocycles. The molecule has 2 rings (SSSR count). The molecule has 0 aliphatic heterocycles. The standard InChI is InChI=1S/C12H11BF3N3O4/c1-2-23-11(20)10-9(17-19-18-10)7-4-3-6(13(21)22)5-8(7)12(14,15)16/h3-5,21-22H,2H2,1H3,(H,17,18,19). The number of benzene rings is 1. The first kappa shape index (κ1) is 17.0. The average molecular weight is 329 g/mol. The summed E-state index contributed by atoms with van der Waals surface area (Å²) in [5.41, 5.74) is -2.69. The number of esters is 1. The maximum atomic E-state index is 13.2. The van der Waals surface area contributed by atoms with Crippen LogP contribution < -0.4 is 5.46 Å². The second kappa shape index (κ2) is 6.38. The SMILES string of the molecule is CCOC(=O)c1n[nH]nc1-c1ccc(B(O)O)cc1C(F)(F)F. The van der Waals surface area contributed by atoms with Crippen molar-refractivity contribution >= 4 is 18.6 Å². The Bertz CT molecular complexity index is 718. The number of alkyl halides is 3. The third-order valence-electron chi connectivity index (χ3n) is 2.92. The van der Waals surface area contributed by atoms with Gasteiger partial charge in [-0.1, -0.05) is 12.1 Å². The summed E-state index contributed by atoms with van der Waals surface area (Å²) in [5, 5.41) is 27.2. The van der Waals surface area contributed by atoms with Crippen LogP contribution in [0.15, 0.2) is 18.2 Å². The van der Waals surface area contributed by atoms with Crippen LogP contribution in [0.25, 0.3) is 11.3 Å². The summed E-state index contributed by atoms with van der Waals surface area (Å²) in [5.74, 6) is -0.921. The number of halogens is 3. The number of nitrogens with one attached hydrogen (secondary N) is 1. The van der Waals surface area contributed by atoms with E-state index in [0.717, 1.165) is 12.1 Å². The Morgan fingerprint density at radius 2 is 2.04 bits per heavy atom. The number of rotatable bonds is 4. The molecular formula is C12H11BF3N3O4. The molecule has 11 heteroatoms. The van der Waals surface area contributed by atoms with Crippen molar-refractivity contribution in [3.05, 3.63) is 29.5 Å². The van der Waals surface area contributed by atoms with E-state index in [4.69, 9.17) is 14.8 Å². The van der Waals surface area contributed by atoms with Gasteiger partial charge in [-0.25, -0.2) is 4.79 Å². The zero-order valence-electron chi connectivity index (χ0n) is 11.8. The molecule has 0 fully saturated rings. The number of hydrogen-bond donors (Lipinski definition) is 3. The maximum Gasteiger partial charge on any atom is 0.488 e. The van der Waals surface area contributed by atoms with Crippen LogP contribution in [0.1, 0.15) is 23.0 Å². The van der Waals surface area contributed by atoms with Gasteiger partial charge in [-0.05, 0) is 18.5 Å². The molecule has 0 saturated heterocycles. The Kier molecular flexibility index (Phi) is 4.71. The average Bonchev–Trinajstić information content (AvgIpc) is 2.95. The van der Waals surface area contributed by atoms with Crippen molar-refractivity contribution in [3.63, 3.8) is 0 Å². The van der Waals surface area contributed by atoms with Crippen LogP contribution in [0.4, 0.5) is 13.2 Å². The highest BCUT2D eigenvalue weighted by atomic mass is 19.4. The number of hydrogen-bond acceptors (Lipinski definition) is 6. The third kappa shape index (κ3) is 3.51. The van der Waals surface area contributed by atoms with Crippen molar-refractivity contribution in [1.82, 2.24) is 15.4 Å². The summed E-state index contributed by atoms with van der Waals surface area (Å²) < 4.78 is 44.4. The maximum absolute atomic E-state index is 13.2. The quantitative estimate of drug-likeness (QED) is 0.552. The van der Waals surface area contributed by atoms with Gasteiger partial charge in [-0.15, -0.1) is 5.10 Å². The van der Waals surface area contributed by atoms with Crippen molar-refractivity contribution < 1.29 is 32.8 Å². The molecule has 0 spiro atoms. The van der Waals surface area contributed by atoms with Gasteiger partial charge in [-0.3, -0.25) is 0 Å². The van der Waals surface area contributed by atoms with Gasteiger partial charge in [0.2, 0.25) is 0 Å². The molecule has 0 amide bonds. The third-order valence-corrected chi connectivity index (χ3v) is 2.92. The van der Waals surface area contributed by atoms with E-state index in [-0.39, 0.29) is 17.8 Å². The van der Waals surface area contributed by atoms with Crippen molar-refractivity contribution in [2.75, 3.05) is 6.61 Å². The van der Waals surface area contributed by atoms with Gasteiger partial charge < -0.3 is 14.8 Å². The van der Waals surface area contributed by atoms with E-state index in [0.29, 0.717) is 6.07 Å². The van der Waals surface area contributed by atoms with Crippen LogP contribution in [0.5, 0.6) is 0 Å². The molecule has 122 valence electrons. The van der Waals surface area contributed by atoms with Gasteiger partial charge >= 0.3 is 19.3 Å². The summed E-state index contributed by atoms with van der Waals surface area (Å²) in [7, 11) is -2.06. The highest BCUT2D eigenvalue weighted by molar-refractivity contribution is 6.58. The molecule has 2 aromatic rings. The predicted octanol–water partition coefficient (Wildman–Crippen LogP) is 0.347. The summed E-state index contributed by atoms with van der Waals surface area (Å²) in [4.78, 5) is 11.7. The zero-order valence-corrected chi connectivity index (χ0v) is 11.8. The molecule has 1 heterocycles. The van der Waals surface area contributed by atoms with E-state index in [9.17, 15) is 18.0 Å². The van der Waals surface area contributed by atoms with Gasteiger partial charge in [-0.2, -0.15) is 23.5 Å². The molecule has 7 nitrogen and oxygen atoms in total. The van der Waals surface area contributed by atoms with E-state index in [1.807, 2.05) is 0 Å². The number of H-pyrrole nitrogens is 1. The number of ether oxygens (including phenoxy) is 1. The topological polar surface area (TPSA) is 108 Å². The number of aromatic amines is 1. The van der Waals surface area contributed by atoms with Crippen LogP contribution in [0.3, 0.4) is 0 Å². The molecule has 0 bridgehead atoms. The normalized spacial score (nSPS) is 11.4. The van der Waals surface area contributed by atoms with Crippen LogP contribution >= 0.6 is 0 Å². The molecule has 23 heavy (non-hydrogen) atoms. The minimum Gasteiger partial charge on any atom is -0.461 e. The van der Waals surface area contributed by atoms with Gasteiger partial charge in [0.25, 0.3) is 0 Å². The van der Waals surface area contributed by atoms with E-state index in [1.165, 1.54) is 6.92 Å². The van der Waals surface area contributed by atoms with Crippen LogP contribution in [0.2, 0.25) is 0 Å². The lowest BCUT2D eigenvalue weighted by Gasteiger charge is -2.13. The van der Waals surface area contributed by atoms with E-state index in [1.54, 1.807) is 0 Å². The summed E-state index contributed by atoms with van der Waals surface area (Å²) in [6.07, 6.45) is -4.80. The van der Waals surface area contributed by atoms with Crippen molar-refractivity contribution in [3.8, 4) is 11.3 Å². The fourth-order valence-corrected chi connectivity index (χ4v) is 1.92. The van der Waals surface area contributed by atoms with Gasteiger partial charge in [0, 0.05) is 5.56 Å². The fourth-order valence-electron chi connectivity index (χ4n) is 1.92. The number of aromatic nitrogens is 3. The lowest BCUT2D eigenvalue weighted by molar-refractivity contribution is -0.137. The van der Waals surface area contributed by atoms with Crippen LogP contribution in [0, 0.1) is 0 Å². The molecule has 1 aromatic heterocycles. The second-order valence-electron chi connectivity index (χ2n) is 4.42. The van der Waals surface area contributed by atoms with Crippen LogP contribution in [-0.4, -0.2) is 45.2 Å². The highest BCUT2D eigenvalue weighted by Crippen LogP contribution is 2.36. The number of carbonyl (C=O) groups excluding carboxylic acids is 1. The van der Waals surface area contributed by atoms with Crippen molar-refractivity contribution in [2.45, 2.75) is 13.1 Å². The molecule has 0 aliphatic carbocycles. The zero-order chi connectivity index (χ0) is 17.2. The van der Waals surface area contributed by atoms with Gasteiger partial charge in [0.15, 0.2) is 5.69 Å². The summed E-state index contributed by atoms with van der Waals surface area (Å²) in [6.45, 7) is 1.56. The molecule has 0 aliphatic rings. The molecule has 0 atom stereocenters. The minimum atomic E-state index is -4.80. The number of nitrogens with zero attached hydrogens (tertiary/aromatic N) is 2. The Morgan fingerprint density at radius 3 is 2.61 bits per heavy atom. The first-order valence-electron chi connectivity index (χ1n) is 6.41. The molecule has 1 aromatic carbocycles. The summed E-state index contributed by atoms with van der Waals surface area (Å²) >= 11 is 0. The monoisotopic (exact) mass is 329 g/mol. The van der Waals surface area contributed by atoms with Crippen molar-refractivity contribution in [2.24, 2.45) is 0 Å².